The smallest absolute Gasteiger partial charge is 0.357 e. The topological polar surface area (TPSA) is 75.8 Å². The molecule has 0 aliphatic carbocycles. The zero-order valence-electron chi connectivity index (χ0n) is 9.47. The maximum atomic E-state index is 10.6. The van der Waals surface area contributed by atoms with E-state index in [2.05, 4.69) is 4.98 Å². The van der Waals surface area contributed by atoms with Gasteiger partial charge in [0.15, 0.2) is 5.69 Å². The number of rotatable bonds is 7. The van der Waals surface area contributed by atoms with E-state index in [1.54, 1.807) is 0 Å². The highest BCUT2D eigenvalue weighted by Crippen LogP contribution is 2.13. The highest BCUT2D eigenvalue weighted by Gasteiger charge is 2.14. The second-order valence-electron chi connectivity index (χ2n) is 3.10. The van der Waals surface area contributed by atoms with Crippen LogP contribution in [0.15, 0.2) is 10.7 Å². The molecule has 0 aromatic carbocycles. The summed E-state index contributed by atoms with van der Waals surface area (Å²) in [7, 11) is 0. The van der Waals surface area contributed by atoms with Gasteiger partial charge in [0.1, 0.15) is 6.26 Å². The summed E-state index contributed by atoms with van der Waals surface area (Å²) in [4.78, 5) is 16.3. The third kappa shape index (κ3) is 3.23. The first kappa shape index (κ1) is 12.5. The minimum atomic E-state index is -1.09. The number of anilines is 1. The summed E-state index contributed by atoms with van der Waals surface area (Å²) in [6.07, 6.45) is 1.14. The Bertz CT molecular complexity index is 337. The van der Waals surface area contributed by atoms with Gasteiger partial charge in [0.05, 0.1) is 6.61 Å². The zero-order chi connectivity index (χ0) is 12.0. The van der Waals surface area contributed by atoms with Gasteiger partial charge in [0, 0.05) is 19.7 Å². The van der Waals surface area contributed by atoms with E-state index < -0.39 is 5.97 Å². The second kappa shape index (κ2) is 6.12. The average Bonchev–Trinajstić information content (AvgIpc) is 2.74. The highest BCUT2D eigenvalue weighted by molar-refractivity contribution is 5.85. The van der Waals surface area contributed by atoms with Gasteiger partial charge in [-0.2, -0.15) is 4.98 Å². The molecule has 16 heavy (non-hydrogen) atoms. The molecule has 6 heteroatoms. The van der Waals surface area contributed by atoms with Gasteiger partial charge >= 0.3 is 5.97 Å². The Morgan fingerprint density at radius 1 is 1.62 bits per heavy atom. The second-order valence-corrected chi connectivity index (χ2v) is 3.10. The van der Waals surface area contributed by atoms with E-state index in [9.17, 15) is 4.79 Å². The number of hydrogen-bond acceptors (Lipinski definition) is 5. The molecule has 0 radical (unpaired) electrons. The van der Waals surface area contributed by atoms with Crippen molar-refractivity contribution in [3.8, 4) is 0 Å². The minimum Gasteiger partial charge on any atom is -0.476 e. The number of carboxylic acid groups (broad SMARTS) is 1. The molecule has 0 aliphatic rings. The molecule has 1 N–H and O–H groups in total. The van der Waals surface area contributed by atoms with Crippen LogP contribution in [0.1, 0.15) is 24.3 Å². The molecular weight excluding hydrogens is 212 g/mol. The van der Waals surface area contributed by atoms with Crippen LogP contribution in [0.5, 0.6) is 0 Å². The fraction of sp³-hybridized carbons (Fsp3) is 0.600. The first-order valence-electron chi connectivity index (χ1n) is 5.20. The van der Waals surface area contributed by atoms with Gasteiger partial charge in [-0.25, -0.2) is 4.79 Å². The van der Waals surface area contributed by atoms with Crippen molar-refractivity contribution in [2.45, 2.75) is 13.8 Å². The van der Waals surface area contributed by atoms with E-state index in [0.717, 1.165) is 6.26 Å². The number of likely N-dealkylation sites (N-methyl/N-ethyl adjacent to an activating group) is 1. The molecule has 1 aromatic heterocycles. The number of carboxylic acids is 1. The number of carbonyl (C=O) groups is 1. The molecule has 1 aromatic rings. The summed E-state index contributed by atoms with van der Waals surface area (Å²) < 4.78 is 10.3. The fourth-order valence-corrected chi connectivity index (χ4v) is 1.22. The molecular formula is C10H16N2O4. The lowest BCUT2D eigenvalue weighted by molar-refractivity contribution is 0.0690. The Morgan fingerprint density at radius 3 is 2.88 bits per heavy atom. The summed E-state index contributed by atoms with van der Waals surface area (Å²) in [5.41, 5.74) is -0.0788. The van der Waals surface area contributed by atoms with E-state index in [1.807, 2.05) is 18.7 Å². The molecule has 0 saturated heterocycles. The summed E-state index contributed by atoms with van der Waals surface area (Å²) in [5.74, 6) is -1.09. The van der Waals surface area contributed by atoms with Crippen molar-refractivity contribution in [3.63, 3.8) is 0 Å². The lowest BCUT2D eigenvalue weighted by atomic mass is 10.5. The van der Waals surface area contributed by atoms with Crippen LogP contribution >= 0.6 is 0 Å². The van der Waals surface area contributed by atoms with Crippen molar-refractivity contribution in [1.82, 2.24) is 4.98 Å². The Morgan fingerprint density at radius 2 is 2.38 bits per heavy atom. The first-order chi connectivity index (χ1) is 7.69. The Balaban J connectivity index is 2.60. The zero-order valence-corrected chi connectivity index (χ0v) is 9.47. The van der Waals surface area contributed by atoms with Gasteiger partial charge in [0.2, 0.25) is 0 Å². The number of ether oxygens (including phenoxy) is 1. The Kier molecular flexibility index (Phi) is 4.78. The first-order valence-corrected chi connectivity index (χ1v) is 5.20. The van der Waals surface area contributed by atoms with Crippen LogP contribution in [0.3, 0.4) is 0 Å². The normalized spacial score (nSPS) is 10.4. The molecule has 6 nitrogen and oxygen atoms in total. The summed E-state index contributed by atoms with van der Waals surface area (Å²) in [6.45, 7) is 6.40. The lowest BCUT2D eigenvalue weighted by Crippen LogP contribution is -2.27. The van der Waals surface area contributed by atoms with Gasteiger partial charge in [-0.3, -0.25) is 0 Å². The monoisotopic (exact) mass is 228 g/mol. The maximum Gasteiger partial charge on any atom is 0.357 e. The van der Waals surface area contributed by atoms with Crippen LogP contribution in [0.2, 0.25) is 0 Å². The molecule has 0 amide bonds. The quantitative estimate of drug-likeness (QED) is 0.707. The number of aromatic nitrogens is 1. The van der Waals surface area contributed by atoms with Crippen LogP contribution in [0.25, 0.3) is 0 Å². The molecule has 0 spiro atoms. The van der Waals surface area contributed by atoms with Crippen LogP contribution in [0, 0.1) is 0 Å². The third-order valence-electron chi connectivity index (χ3n) is 2.07. The summed E-state index contributed by atoms with van der Waals surface area (Å²) in [5, 5.41) is 8.70. The molecule has 90 valence electrons. The number of nitrogens with zero attached hydrogens (tertiary/aromatic N) is 2. The van der Waals surface area contributed by atoms with Crippen LogP contribution in [-0.2, 0) is 4.74 Å². The van der Waals surface area contributed by atoms with Crippen molar-refractivity contribution in [2.75, 3.05) is 31.2 Å². The van der Waals surface area contributed by atoms with E-state index >= 15 is 0 Å². The van der Waals surface area contributed by atoms with Crippen molar-refractivity contribution in [3.05, 3.63) is 12.0 Å². The minimum absolute atomic E-state index is 0.0788. The van der Waals surface area contributed by atoms with Crippen molar-refractivity contribution in [1.29, 1.82) is 0 Å². The molecule has 0 aliphatic heterocycles. The number of oxazole rings is 1. The van der Waals surface area contributed by atoms with Crippen LogP contribution in [0.4, 0.5) is 6.01 Å². The molecule has 1 heterocycles. The molecule has 0 saturated carbocycles. The predicted molar refractivity (Wildman–Crippen MR) is 57.8 cm³/mol. The van der Waals surface area contributed by atoms with Gasteiger partial charge < -0.3 is 19.2 Å². The van der Waals surface area contributed by atoms with Gasteiger partial charge in [0.25, 0.3) is 6.01 Å². The fourth-order valence-electron chi connectivity index (χ4n) is 1.22. The Labute approximate surface area is 93.8 Å². The van der Waals surface area contributed by atoms with E-state index in [4.69, 9.17) is 14.3 Å². The molecule has 0 unspecified atom stereocenters. The highest BCUT2D eigenvalue weighted by atomic mass is 16.5. The van der Waals surface area contributed by atoms with E-state index in [-0.39, 0.29) is 5.69 Å². The SMILES string of the molecule is CCOCCN(CC)c1nc(C(=O)O)co1. The summed E-state index contributed by atoms with van der Waals surface area (Å²) in [6, 6.07) is 0.319. The standard InChI is InChI=1S/C10H16N2O4/c1-3-12(5-6-15-4-2)10-11-8(7-16-10)9(13)14/h7H,3-6H2,1-2H3,(H,13,14). The molecule has 1 rings (SSSR count). The van der Waals surface area contributed by atoms with Gasteiger partial charge in [-0.15, -0.1) is 0 Å². The molecule has 0 atom stereocenters. The van der Waals surface area contributed by atoms with Crippen LogP contribution in [-0.4, -0.2) is 42.4 Å². The summed E-state index contributed by atoms with van der Waals surface area (Å²) >= 11 is 0. The van der Waals surface area contributed by atoms with Crippen molar-refractivity contribution >= 4 is 12.0 Å². The van der Waals surface area contributed by atoms with Crippen molar-refractivity contribution < 1.29 is 19.1 Å². The third-order valence-corrected chi connectivity index (χ3v) is 2.07. The van der Waals surface area contributed by atoms with Crippen LogP contribution < -0.4 is 4.90 Å². The number of hydrogen-bond donors (Lipinski definition) is 1. The average molecular weight is 228 g/mol. The lowest BCUT2D eigenvalue weighted by Gasteiger charge is -2.17. The Hall–Kier alpha value is -1.56. The maximum absolute atomic E-state index is 10.6. The van der Waals surface area contributed by atoms with E-state index in [0.29, 0.717) is 32.3 Å². The predicted octanol–water partition coefficient (Wildman–Crippen LogP) is 1.24. The van der Waals surface area contributed by atoms with Crippen molar-refractivity contribution in [2.24, 2.45) is 0 Å². The molecule has 0 bridgehead atoms. The number of aromatic carboxylic acids is 1. The van der Waals surface area contributed by atoms with E-state index in [1.165, 1.54) is 0 Å². The van der Waals surface area contributed by atoms with Gasteiger partial charge in [-0.05, 0) is 13.8 Å². The molecule has 0 fully saturated rings. The van der Waals surface area contributed by atoms with Gasteiger partial charge in [-0.1, -0.05) is 0 Å². The largest absolute Gasteiger partial charge is 0.476 e.